The van der Waals surface area contributed by atoms with Crippen molar-refractivity contribution in [3.8, 4) is 0 Å². The van der Waals surface area contributed by atoms with Gasteiger partial charge in [-0.05, 0) is 12.1 Å². The molecule has 114 valence electrons. The molecule has 0 unspecified atom stereocenters. The van der Waals surface area contributed by atoms with Crippen LogP contribution in [0.25, 0.3) is 0 Å². The number of nitrogens with zero attached hydrogens (tertiary/aromatic N) is 1. The van der Waals surface area contributed by atoms with Crippen LogP contribution in [0.3, 0.4) is 0 Å². The molecular formula is C16H24N3O2+. The fraction of sp³-hybridized carbons (Fsp3) is 0.500. The zero-order valence-corrected chi connectivity index (χ0v) is 12.8. The maximum atomic E-state index is 12.1. The maximum absolute atomic E-state index is 12.1. The number of hydrogen-bond donors (Lipinski definition) is 2. The number of amides is 2. The highest BCUT2D eigenvalue weighted by Gasteiger charge is 2.34. The molecular weight excluding hydrogens is 266 g/mol. The third kappa shape index (κ3) is 4.29. The highest BCUT2D eigenvalue weighted by molar-refractivity contribution is 6.00. The van der Waals surface area contributed by atoms with E-state index in [1.54, 1.807) is 4.90 Å². The van der Waals surface area contributed by atoms with E-state index in [2.05, 4.69) is 19.4 Å². The Hall–Kier alpha value is -1.88. The van der Waals surface area contributed by atoms with Crippen molar-refractivity contribution in [3.05, 3.63) is 30.3 Å². The number of quaternary nitrogens is 1. The van der Waals surface area contributed by atoms with E-state index in [1.807, 2.05) is 30.3 Å². The van der Waals surface area contributed by atoms with Crippen LogP contribution in [0.5, 0.6) is 0 Å². The zero-order valence-electron chi connectivity index (χ0n) is 12.8. The van der Waals surface area contributed by atoms with Gasteiger partial charge in [0.15, 0.2) is 0 Å². The summed E-state index contributed by atoms with van der Waals surface area (Å²) in [6.07, 6.45) is 1.26. The van der Waals surface area contributed by atoms with Gasteiger partial charge in [-0.2, -0.15) is 0 Å². The third-order valence-corrected chi connectivity index (χ3v) is 3.72. The Morgan fingerprint density at radius 1 is 1.33 bits per heavy atom. The first-order chi connectivity index (χ1) is 10.1. The number of nitrogens with one attached hydrogen (secondary N) is 2. The molecule has 1 heterocycles. The van der Waals surface area contributed by atoms with Gasteiger partial charge in [0.25, 0.3) is 0 Å². The van der Waals surface area contributed by atoms with Gasteiger partial charge in [0, 0.05) is 31.6 Å². The van der Waals surface area contributed by atoms with E-state index in [4.69, 9.17) is 0 Å². The molecule has 0 spiro atoms. The fourth-order valence-electron chi connectivity index (χ4n) is 2.54. The number of rotatable bonds is 6. The molecule has 1 aliphatic rings. The summed E-state index contributed by atoms with van der Waals surface area (Å²) >= 11 is 0. The predicted octanol–water partition coefficient (Wildman–Crippen LogP) is -0.310. The summed E-state index contributed by atoms with van der Waals surface area (Å²) in [5.41, 5.74) is 0.869. The van der Waals surface area contributed by atoms with Gasteiger partial charge in [0.1, 0.15) is 0 Å². The molecule has 0 bridgehead atoms. The average molecular weight is 290 g/mol. The lowest BCUT2D eigenvalue weighted by atomic mass is 10.1. The number of anilines is 1. The van der Waals surface area contributed by atoms with Crippen LogP contribution in [0.1, 0.15) is 12.8 Å². The number of hydrogen-bond acceptors (Lipinski definition) is 2. The molecule has 1 fully saturated rings. The van der Waals surface area contributed by atoms with E-state index in [9.17, 15) is 9.59 Å². The molecule has 2 rings (SSSR count). The van der Waals surface area contributed by atoms with Crippen LogP contribution < -0.4 is 15.1 Å². The first-order valence-corrected chi connectivity index (χ1v) is 7.50. The highest BCUT2D eigenvalue weighted by Crippen LogP contribution is 2.24. The molecule has 0 radical (unpaired) electrons. The van der Waals surface area contributed by atoms with E-state index < -0.39 is 0 Å². The summed E-state index contributed by atoms with van der Waals surface area (Å²) in [4.78, 5) is 27.2. The molecule has 1 atom stereocenters. The van der Waals surface area contributed by atoms with Crippen molar-refractivity contribution in [3.63, 3.8) is 0 Å². The summed E-state index contributed by atoms with van der Waals surface area (Å²) in [7, 11) is 4.18. The lowest BCUT2D eigenvalue weighted by molar-refractivity contribution is -0.858. The molecule has 5 nitrogen and oxygen atoms in total. The number of benzene rings is 1. The monoisotopic (exact) mass is 290 g/mol. The Balaban J connectivity index is 1.83. The Labute approximate surface area is 125 Å². The zero-order chi connectivity index (χ0) is 15.2. The quantitative estimate of drug-likeness (QED) is 0.706. The third-order valence-electron chi connectivity index (χ3n) is 3.72. The smallest absolute Gasteiger partial charge is 0.227 e. The predicted molar refractivity (Wildman–Crippen MR) is 82.2 cm³/mol. The van der Waals surface area contributed by atoms with E-state index in [1.165, 1.54) is 4.90 Å². The summed E-state index contributed by atoms with van der Waals surface area (Å²) in [6.45, 7) is 2.19. The van der Waals surface area contributed by atoms with E-state index in [0.717, 1.165) is 18.7 Å². The van der Waals surface area contributed by atoms with Crippen molar-refractivity contribution in [1.29, 1.82) is 0 Å². The SMILES string of the molecule is C[NH+](C)CCCNC(=O)[C@H]1CC(=O)N(c2ccccc2)C1. The highest BCUT2D eigenvalue weighted by atomic mass is 16.2. The summed E-state index contributed by atoms with van der Waals surface area (Å²) in [5.74, 6) is -0.209. The standard InChI is InChI=1S/C16H23N3O2/c1-18(2)10-6-9-17-16(21)13-11-15(20)19(12-13)14-7-4-3-5-8-14/h3-5,7-8,13H,6,9-12H2,1-2H3,(H,17,21)/p+1/t13-/m0/s1. The molecule has 0 aromatic heterocycles. The second-order valence-corrected chi connectivity index (χ2v) is 5.84. The average Bonchev–Trinajstić information content (AvgIpc) is 2.86. The lowest BCUT2D eigenvalue weighted by Crippen LogP contribution is -3.05. The minimum absolute atomic E-state index is 0.00413. The van der Waals surface area contributed by atoms with Crippen LogP contribution in [-0.4, -0.2) is 45.5 Å². The van der Waals surface area contributed by atoms with Crippen LogP contribution in [0.2, 0.25) is 0 Å². The Morgan fingerprint density at radius 2 is 2.05 bits per heavy atom. The van der Waals surface area contributed by atoms with Crippen molar-refractivity contribution in [2.45, 2.75) is 12.8 Å². The Kier molecular flexibility index (Phi) is 5.33. The molecule has 1 saturated heterocycles. The van der Waals surface area contributed by atoms with Gasteiger partial charge in [-0.15, -0.1) is 0 Å². The molecule has 0 saturated carbocycles. The van der Waals surface area contributed by atoms with E-state index in [0.29, 0.717) is 19.5 Å². The van der Waals surface area contributed by atoms with Crippen molar-refractivity contribution in [2.75, 3.05) is 38.6 Å². The maximum Gasteiger partial charge on any atom is 0.227 e. The molecule has 2 amide bonds. The summed E-state index contributed by atoms with van der Waals surface area (Å²) in [6, 6.07) is 9.52. The van der Waals surface area contributed by atoms with Crippen molar-refractivity contribution in [1.82, 2.24) is 5.32 Å². The molecule has 0 aliphatic carbocycles. The fourth-order valence-corrected chi connectivity index (χ4v) is 2.54. The van der Waals surface area contributed by atoms with Crippen molar-refractivity contribution < 1.29 is 14.5 Å². The van der Waals surface area contributed by atoms with E-state index >= 15 is 0 Å². The first kappa shape index (κ1) is 15.5. The summed E-state index contributed by atoms with van der Waals surface area (Å²) < 4.78 is 0. The van der Waals surface area contributed by atoms with Crippen LogP contribution in [0, 0.1) is 5.92 Å². The molecule has 5 heteroatoms. The van der Waals surface area contributed by atoms with Gasteiger partial charge in [-0.3, -0.25) is 9.59 Å². The molecule has 2 N–H and O–H groups in total. The summed E-state index contributed by atoms with van der Waals surface area (Å²) in [5, 5.41) is 2.94. The Morgan fingerprint density at radius 3 is 2.71 bits per heavy atom. The Bertz CT molecular complexity index is 488. The van der Waals surface area contributed by atoms with Crippen LogP contribution in [-0.2, 0) is 9.59 Å². The number of para-hydroxylation sites is 1. The molecule has 1 aliphatic heterocycles. The van der Waals surface area contributed by atoms with Crippen LogP contribution >= 0.6 is 0 Å². The van der Waals surface area contributed by atoms with Gasteiger partial charge >= 0.3 is 0 Å². The largest absolute Gasteiger partial charge is 0.356 e. The molecule has 21 heavy (non-hydrogen) atoms. The van der Waals surface area contributed by atoms with Gasteiger partial charge in [0.2, 0.25) is 11.8 Å². The van der Waals surface area contributed by atoms with Gasteiger partial charge < -0.3 is 15.1 Å². The number of carbonyl (C=O) groups excluding carboxylic acids is 2. The lowest BCUT2D eigenvalue weighted by Gasteiger charge is -2.16. The van der Waals surface area contributed by atoms with E-state index in [-0.39, 0.29) is 17.7 Å². The number of carbonyl (C=O) groups is 2. The van der Waals surface area contributed by atoms with Crippen molar-refractivity contribution in [2.24, 2.45) is 5.92 Å². The van der Waals surface area contributed by atoms with Crippen LogP contribution in [0.15, 0.2) is 30.3 Å². The second-order valence-electron chi connectivity index (χ2n) is 5.84. The molecule has 1 aromatic rings. The minimum atomic E-state index is -0.232. The van der Waals surface area contributed by atoms with Crippen molar-refractivity contribution >= 4 is 17.5 Å². The first-order valence-electron chi connectivity index (χ1n) is 7.50. The van der Waals surface area contributed by atoms with Crippen LogP contribution in [0.4, 0.5) is 5.69 Å². The van der Waals surface area contributed by atoms with Gasteiger partial charge in [-0.25, -0.2) is 0 Å². The normalized spacial score (nSPS) is 18.3. The topological polar surface area (TPSA) is 53.9 Å². The minimum Gasteiger partial charge on any atom is -0.356 e. The van der Waals surface area contributed by atoms with Gasteiger partial charge in [0.05, 0.1) is 26.6 Å². The molecule has 1 aromatic carbocycles. The van der Waals surface area contributed by atoms with Gasteiger partial charge in [-0.1, -0.05) is 18.2 Å². The second kappa shape index (κ2) is 7.22.